The van der Waals surface area contributed by atoms with Crippen LogP contribution in [0.2, 0.25) is 0 Å². The highest BCUT2D eigenvalue weighted by Gasteiger charge is 1.84. The molecule has 0 aliphatic carbocycles. The van der Waals surface area contributed by atoms with E-state index in [2.05, 4.69) is 9.40 Å². The van der Waals surface area contributed by atoms with E-state index in [-0.39, 0.29) is 0 Å². The van der Waals surface area contributed by atoms with Gasteiger partial charge >= 0.3 is 5.76 Å². The average molecular weight is 129 g/mol. The summed E-state index contributed by atoms with van der Waals surface area (Å²) in [5.41, 5.74) is 0.755. The molecule has 0 spiro atoms. The van der Waals surface area contributed by atoms with Gasteiger partial charge in [0.15, 0.2) is 0 Å². The summed E-state index contributed by atoms with van der Waals surface area (Å²) in [5, 5.41) is 0. The lowest BCUT2D eigenvalue weighted by atomic mass is 10.6. The zero-order valence-electron chi connectivity index (χ0n) is 5.89. The quantitative estimate of drug-likeness (QED) is 0.574. The van der Waals surface area contributed by atoms with Crippen molar-refractivity contribution in [3.05, 3.63) is 22.5 Å². The predicted molar refractivity (Wildman–Crippen MR) is 35.4 cm³/mol. The number of H-pyrrole nitrogens is 1. The molecule has 0 aliphatic heterocycles. The Hall–Kier alpha value is -0.990. The minimum absolute atomic E-state index is 0.391. The number of hydrogen-bond acceptors (Lipinski definition) is 2. The summed E-state index contributed by atoms with van der Waals surface area (Å²) in [6, 6.07) is 0. The number of aromatic amines is 1. The van der Waals surface area contributed by atoms with Crippen molar-refractivity contribution in [1.82, 2.24) is 4.98 Å². The number of hydrogen-bond donors (Lipinski definition) is 1. The SMILES string of the molecule is CC.Cc1coc(=O)[nH]1. The Morgan fingerprint density at radius 1 is 1.56 bits per heavy atom. The summed E-state index contributed by atoms with van der Waals surface area (Å²) < 4.78 is 4.35. The van der Waals surface area contributed by atoms with E-state index in [0.29, 0.717) is 0 Å². The molecule has 0 bridgehead atoms. The maximum absolute atomic E-state index is 10.1. The molecule has 0 amide bonds. The van der Waals surface area contributed by atoms with E-state index in [1.165, 1.54) is 6.26 Å². The van der Waals surface area contributed by atoms with Crippen LogP contribution in [0.15, 0.2) is 15.5 Å². The number of aryl methyl sites for hydroxylation is 1. The summed E-state index contributed by atoms with van der Waals surface area (Å²) in [5.74, 6) is -0.391. The first kappa shape index (κ1) is 8.01. The van der Waals surface area contributed by atoms with Crippen molar-refractivity contribution in [2.75, 3.05) is 0 Å². The Morgan fingerprint density at radius 2 is 2.11 bits per heavy atom. The summed E-state index contributed by atoms with van der Waals surface area (Å²) in [6.07, 6.45) is 1.38. The lowest BCUT2D eigenvalue weighted by molar-refractivity contribution is 0.515. The van der Waals surface area contributed by atoms with Crippen LogP contribution in [-0.4, -0.2) is 4.98 Å². The second-order valence-electron chi connectivity index (χ2n) is 1.33. The van der Waals surface area contributed by atoms with Gasteiger partial charge in [-0.2, -0.15) is 0 Å². The Kier molecular flexibility index (Phi) is 3.51. The minimum atomic E-state index is -0.391. The molecule has 52 valence electrons. The van der Waals surface area contributed by atoms with E-state index >= 15 is 0 Å². The van der Waals surface area contributed by atoms with Crippen LogP contribution in [0.1, 0.15) is 19.5 Å². The molecule has 9 heavy (non-hydrogen) atoms. The fourth-order valence-electron chi connectivity index (χ4n) is 0.362. The van der Waals surface area contributed by atoms with Crippen LogP contribution in [0, 0.1) is 6.92 Å². The van der Waals surface area contributed by atoms with Crippen LogP contribution in [0.5, 0.6) is 0 Å². The van der Waals surface area contributed by atoms with Gasteiger partial charge in [0, 0.05) is 0 Å². The number of aromatic nitrogens is 1. The van der Waals surface area contributed by atoms with Crippen molar-refractivity contribution in [3.63, 3.8) is 0 Å². The fraction of sp³-hybridized carbons (Fsp3) is 0.500. The van der Waals surface area contributed by atoms with E-state index in [1.807, 2.05) is 13.8 Å². The Balaban J connectivity index is 0.000000291. The number of nitrogens with one attached hydrogen (secondary N) is 1. The van der Waals surface area contributed by atoms with Gasteiger partial charge in [-0.1, -0.05) is 13.8 Å². The Bertz CT molecular complexity index is 199. The first-order valence-corrected chi connectivity index (χ1v) is 2.93. The maximum atomic E-state index is 10.1. The topological polar surface area (TPSA) is 46.0 Å². The highest BCUT2D eigenvalue weighted by molar-refractivity contribution is 4.84. The van der Waals surface area contributed by atoms with Crippen LogP contribution >= 0.6 is 0 Å². The van der Waals surface area contributed by atoms with Crippen molar-refractivity contribution in [2.24, 2.45) is 0 Å². The van der Waals surface area contributed by atoms with E-state index in [4.69, 9.17) is 0 Å². The van der Waals surface area contributed by atoms with Gasteiger partial charge in [0.25, 0.3) is 0 Å². The molecule has 1 heterocycles. The van der Waals surface area contributed by atoms with Crippen LogP contribution in [0.4, 0.5) is 0 Å². The molecule has 3 heteroatoms. The third-order valence-corrected chi connectivity index (χ3v) is 0.642. The van der Waals surface area contributed by atoms with E-state index in [9.17, 15) is 4.79 Å². The molecule has 0 saturated carbocycles. The van der Waals surface area contributed by atoms with Crippen molar-refractivity contribution >= 4 is 0 Å². The van der Waals surface area contributed by atoms with Crippen molar-refractivity contribution in [3.8, 4) is 0 Å². The molecule has 0 saturated heterocycles. The zero-order valence-corrected chi connectivity index (χ0v) is 5.89. The molecule has 0 atom stereocenters. The molecular formula is C6H11NO2. The van der Waals surface area contributed by atoms with Crippen LogP contribution in [0.25, 0.3) is 0 Å². The maximum Gasteiger partial charge on any atom is 0.416 e. The molecule has 0 aromatic carbocycles. The second kappa shape index (κ2) is 3.95. The van der Waals surface area contributed by atoms with Crippen molar-refractivity contribution in [2.45, 2.75) is 20.8 Å². The molecule has 1 aromatic rings. The standard InChI is InChI=1S/C4H5NO2.C2H6/c1-3-2-7-4(6)5-3;1-2/h2H,1H3,(H,5,6);1-2H3. The molecule has 0 aliphatic rings. The molecule has 1 aromatic heterocycles. The first-order valence-electron chi connectivity index (χ1n) is 2.93. The van der Waals surface area contributed by atoms with Gasteiger partial charge in [0.2, 0.25) is 0 Å². The Morgan fingerprint density at radius 3 is 2.22 bits per heavy atom. The highest BCUT2D eigenvalue weighted by atomic mass is 16.4. The molecule has 0 radical (unpaired) electrons. The molecule has 0 unspecified atom stereocenters. The van der Waals surface area contributed by atoms with Gasteiger partial charge in [-0.3, -0.25) is 4.98 Å². The summed E-state index contributed by atoms with van der Waals surface area (Å²) in [7, 11) is 0. The van der Waals surface area contributed by atoms with Gasteiger partial charge in [-0.15, -0.1) is 0 Å². The third-order valence-electron chi connectivity index (χ3n) is 0.642. The largest absolute Gasteiger partial charge is 0.416 e. The Labute approximate surface area is 53.7 Å². The average Bonchev–Trinajstić information content (AvgIpc) is 2.20. The smallest absolute Gasteiger partial charge is 0.416 e. The fourth-order valence-corrected chi connectivity index (χ4v) is 0.362. The number of oxazole rings is 1. The summed E-state index contributed by atoms with van der Waals surface area (Å²) in [6.45, 7) is 5.75. The van der Waals surface area contributed by atoms with Crippen molar-refractivity contribution < 1.29 is 4.42 Å². The third kappa shape index (κ3) is 2.74. The van der Waals surface area contributed by atoms with Gasteiger partial charge in [0.1, 0.15) is 6.26 Å². The summed E-state index contributed by atoms with van der Waals surface area (Å²) in [4.78, 5) is 12.5. The predicted octanol–water partition coefficient (Wildman–Crippen LogP) is 1.30. The van der Waals surface area contributed by atoms with E-state index < -0.39 is 5.76 Å². The van der Waals surface area contributed by atoms with Gasteiger partial charge in [0.05, 0.1) is 5.69 Å². The van der Waals surface area contributed by atoms with Crippen LogP contribution < -0.4 is 5.76 Å². The molecule has 0 fully saturated rings. The summed E-state index contributed by atoms with van der Waals surface area (Å²) >= 11 is 0. The van der Waals surface area contributed by atoms with Gasteiger partial charge in [-0.25, -0.2) is 4.79 Å². The van der Waals surface area contributed by atoms with E-state index in [0.717, 1.165) is 5.69 Å². The molecular weight excluding hydrogens is 118 g/mol. The first-order chi connectivity index (χ1) is 4.29. The van der Waals surface area contributed by atoms with E-state index in [1.54, 1.807) is 6.92 Å². The molecule has 3 nitrogen and oxygen atoms in total. The minimum Gasteiger partial charge on any atom is -0.416 e. The number of rotatable bonds is 0. The van der Waals surface area contributed by atoms with Gasteiger partial charge < -0.3 is 4.42 Å². The second-order valence-corrected chi connectivity index (χ2v) is 1.33. The van der Waals surface area contributed by atoms with Crippen LogP contribution in [-0.2, 0) is 0 Å². The van der Waals surface area contributed by atoms with Crippen LogP contribution in [0.3, 0.4) is 0 Å². The molecule has 1 rings (SSSR count). The normalized spacial score (nSPS) is 7.89. The van der Waals surface area contributed by atoms with Gasteiger partial charge in [-0.05, 0) is 6.92 Å². The zero-order chi connectivity index (χ0) is 7.28. The lowest BCUT2D eigenvalue weighted by Gasteiger charge is -1.64. The highest BCUT2D eigenvalue weighted by Crippen LogP contribution is 1.80. The lowest BCUT2D eigenvalue weighted by Crippen LogP contribution is -1.93. The van der Waals surface area contributed by atoms with Crippen molar-refractivity contribution in [1.29, 1.82) is 0 Å². The molecule has 1 N–H and O–H groups in total. The monoisotopic (exact) mass is 129 g/mol.